The van der Waals surface area contributed by atoms with Gasteiger partial charge in [0.25, 0.3) is 0 Å². The highest BCUT2D eigenvalue weighted by Gasteiger charge is 2.26. The molecule has 146 valence electrons. The fraction of sp³-hybridized carbons (Fsp3) is 0.350. The van der Waals surface area contributed by atoms with Crippen molar-refractivity contribution in [3.8, 4) is 5.75 Å². The first-order valence-electron chi connectivity index (χ1n) is 8.75. The standard InChI is InChI=1S/C20H26N2O4S/c1-14(2)13-19(20(23)21-16-7-5-15(3)6-8-16)22-27(24,25)18-11-9-17(26-4)10-12-18/h5-12,14,19,22H,13H2,1-4H3,(H,21,23)/t19-/m0/s1. The van der Waals surface area contributed by atoms with Crippen LogP contribution >= 0.6 is 0 Å². The van der Waals surface area contributed by atoms with Crippen LogP contribution in [0.3, 0.4) is 0 Å². The third-order valence-corrected chi connectivity index (χ3v) is 5.50. The van der Waals surface area contributed by atoms with E-state index in [1.807, 2.05) is 32.9 Å². The highest BCUT2D eigenvalue weighted by Crippen LogP contribution is 2.18. The van der Waals surface area contributed by atoms with Crippen molar-refractivity contribution in [3.05, 3.63) is 54.1 Å². The molecular weight excluding hydrogens is 364 g/mol. The van der Waals surface area contributed by atoms with Gasteiger partial charge >= 0.3 is 0 Å². The van der Waals surface area contributed by atoms with Crippen LogP contribution in [-0.2, 0) is 14.8 Å². The maximum Gasteiger partial charge on any atom is 0.242 e. The summed E-state index contributed by atoms with van der Waals surface area (Å²) in [6.45, 7) is 5.83. The van der Waals surface area contributed by atoms with Gasteiger partial charge in [0.05, 0.1) is 12.0 Å². The number of anilines is 1. The van der Waals surface area contributed by atoms with Gasteiger partial charge in [-0.25, -0.2) is 8.42 Å². The summed E-state index contributed by atoms with van der Waals surface area (Å²) in [4.78, 5) is 12.8. The summed E-state index contributed by atoms with van der Waals surface area (Å²) in [7, 11) is -2.33. The van der Waals surface area contributed by atoms with E-state index >= 15 is 0 Å². The molecule has 0 fully saturated rings. The normalized spacial score (nSPS) is 12.6. The van der Waals surface area contributed by atoms with Gasteiger partial charge in [0.2, 0.25) is 15.9 Å². The second-order valence-electron chi connectivity index (χ2n) is 6.83. The summed E-state index contributed by atoms with van der Waals surface area (Å²) >= 11 is 0. The van der Waals surface area contributed by atoms with Gasteiger partial charge in [-0.15, -0.1) is 0 Å². The van der Waals surface area contributed by atoms with Gasteiger partial charge < -0.3 is 10.1 Å². The van der Waals surface area contributed by atoms with Crippen LogP contribution in [0.5, 0.6) is 5.75 Å². The molecule has 7 heteroatoms. The average Bonchev–Trinajstić information content (AvgIpc) is 2.62. The van der Waals surface area contributed by atoms with Crippen LogP contribution in [0.2, 0.25) is 0 Å². The molecule has 1 atom stereocenters. The van der Waals surface area contributed by atoms with Crippen molar-refractivity contribution in [2.75, 3.05) is 12.4 Å². The summed E-state index contributed by atoms with van der Waals surface area (Å²) in [6, 6.07) is 12.5. The molecule has 2 rings (SSSR count). The van der Waals surface area contributed by atoms with Crippen LogP contribution < -0.4 is 14.8 Å². The molecule has 0 heterocycles. The molecule has 2 aromatic carbocycles. The number of nitrogens with one attached hydrogen (secondary N) is 2. The third-order valence-electron chi connectivity index (χ3n) is 4.01. The van der Waals surface area contributed by atoms with Crippen molar-refractivity contribution in [1.29, 1.82) is 0 Å². The summed E-state index contributed by atoms with van der Waals surface area (Å²) in [5.74, 6) is 0.312. The zero-order valence-corrected chi connectivity index (χ0v) is 16.8. The Morgan fingerprint density at radius 2 is 1.63 bits per heavy atom. The van der Waals surface area contributed by atoms with Crippen LogP contribution in [0.25, 0.3) is 0 Å². The Morgan fingerprint density at radius 3 is 2.15 bits per heavy atom. The minimum atomic E-state index is -3.84. The van der Waals surface area contributed by atoms with Crippen LogP contribution in [0.4, 0.5) is 5.69 Å². The zero-order valence-electron chi connectivity index (χ0n) is 16.0. The first kappa shape index (κ1) is 20.9. The number of hydrogen-bond donors (Lipinski definition) is 2. The lowest BCUT2D eigenvalue weighted by Gasteiger charge is -2.20. The molecule has 0 aliphatic rings. The maximum absolute atomic E-state index is 12.7. The Hall–Kier alpha value is -2.38. The van der Waals surface area contributed by atoms with E-state index in [4.69, 9.17) is 4.74 Å². The molecule has 0 aliphatic heterocycles. The number of carbonyl (C=O) groups is 1. The molecule has 2 aromatic rings. The third kappa shape index (κ3) is 6.08. The van der Waals surface area contributed by atoms with E-state index in [2.05, 4.69) is 10.0 Å². The Kier molecular flexibility index (Phi) is 6.98. The van der Waals surface area contributed by atoms with Crippen molar-refractivity contribution in [2.45, 2.75) is 38.1 Å². The lowest BCUT2D eigenvalue weighted by Crippen LogP contribution is -2.44. The van der Waals surface area contributed by atoms with Crippen LogP contribution in [-0.4, -0.2) is 27.5 Å². The van der Waals surface area contributed by atoms with Gasteiger partial charge in [-0.2, -0.15) is 4.72 Å². The number of sulfonamides is 1. The largest absolute Gasteiger partial charge is 0.497 e. The van der Waals surface area contributed by atoms with E-state index in [9.17, 15) is 13.2 Å². The smallest absolute Gasteiger partial charge is 0.242 e. The van der Waals surface area contributed by atoms with Crippen molar-refractivity contribution < 1.29 is 17.9 Å². The van der Waals surface area contributed by atoms with Crippen molar-refractivity contribution in [2.24, 2.45) is 5.92 Å². The first-order chi connectivity index (χ1) is 12.7. The Balaban J connectivity index is 2.18. The molecule has 0 unspecified atom stereocenters. The van der Waals surface area contributed by atoms with Crippen molar-refractivity contribution >= 4 is 21.6 Å². The summed E-state index contributed by atoms with van der Waals surface area (Å²) in [6.07, 6.45) is 0.382. The highest BCUT2D eigenvalue weighted by molar-refractivity contribution is 7.89. The fourth-order valence-corrected chi connectivity index (χ4v) is 3.76. The van der Waals surface area contributed by atoms with Crippen LogP contribution in [0, 0.1) is 12.8 Å². The van der Waals surface area contributed by atoms with E-state index in [0.29, 0.717) is 17.9 Å². The molecule has 0 bridgehead atoms. The second kappa shape index (κ2) is 9.01. The molecule has 0 radical (unpaired) electrons. The first-order valence-corrected chi connectivity index (χ1v) is 10.2. The molecule has 0 saturated heterocycles. The molecule has 0 saturated carbocycles. The summed E-state index contributed by atoms with van der Waals surface area (Å²) in [5.41, 5.74) is 1.70. The van der Waals surface area contributed by atoms with E-state index in [1.165, 1.54) is 19.2 Å². The molecular formula is C20H26N2O4S. The Labute approximate surface area is 161 Å². The minimum absolute atomic E-state index is 0.0835. The van der Waals surface area contributed by atoms with Crippen molar-refractivity contribution in [1.82, 2.24) is 4.72 Å². The predicted molar refractivity (Wildman–Crippen MR) is 106 cm³/mol. The van der Waals surface area contributed by atoms with Crippen LogP contribution in [0.15, 0.2) is 53.4 Å². The molecule has 2 N–H and O–H groups in total. The topological polar surface area (TPSA) is 84.5 Å². The minimum Gasteiger partial charge on any atom is -0.497 e. The summed E-state index contributed by atoms with van der Waals surface area (Å²) in [5, 5.41) is 2.78. The molecule has 1 amide bonds. The van der Waals surface area contributed by atoms with E-state index in [-0.39, 0.29) is 16.7 Å². The number of hydrogen-bond acceptors (Lipinski definition) is 4. The maximum atomic E-state index is 12.7. The highest BCUT2D eigenvalue weighted by atomic mass is 32.2. The number of rotatable bonds is 8. The van der Waals surface area contributed by atoms with Gasteiger partial charge in [-0.05, 0) is 55.7 Å². The zero-order chi connectivity index (χ0) is 20.0. The number of carbonyl (C=O) groups excluding carboxylic acids is 1. The second-order valence-corrected chi connectivity index (χ2v) is 8.55. The molecule has 0 aromatic heterocycles. The van der Waals surface area contributed by atoms with Gasteiger partial charge in [-0.3, -0.25) is 4.79 Å². The van der Waals surface area contributed by atoms with E-state index < -0.39 is 16.1 Å². The van der Waals surface area contributed by atoms with Gasteiger partial charge in [0, 0.05) is 5.69 Å². The van der Waals surface area contributed by atoms with Crippen LogP contribution in [0.1, 0.15) is 25.8 Å². The molecule has 0 aliphatic carbocycles. The SMILES string of the molecule is COc1ccc(S(=O)(=O)N[C@@H](CC(C)C)C(=O)Nc2ccc(C)cc2)cc1. The lowest BCUT2D eigenvalue weighted by molar-refractivity contribution is -0.118. The molecule has 0 spiro atoms. The number of aryl methyl sites for hydroxylation is 1. The number of ether oxygens (including phenoxy) is 1. The van der Waals surface area contributed by atoms with E-state index in [1.54, 1.807) is 24.3 Å². The van der Waals surface area contributed by atoms with E-state index in [0.717, 1.165) is 5.56 Å². The van der Waals surface area contributed by atoms with Gasteiger partial charge in [0.15, 0.2) is 0 Å². The lowest BCUT2D eigenvalue weighted by atomic mass is 10.0. The van der Waals surface area contributed by atoms with Gasteiger partial charge in [0.1, 0.15) is 11.8 Å². The fourth-order valence-electron chi connectivity index (χ4n) is 2.56. The summed E-state index contributed by atoms with van der Waals surface area (Å²) < 4.78 is 33.0. The number of methoxy groups -OCH3 is 1. The number of amides is 1. The van der Waals surface area contributed by atoms with Crippen molar-refractivity contribution in [3.63, 3.8) is 0 Å². The Bertz CT molecular complexity index is 860. The average molecular weight is 391 g/mol. The molecule has 6 nitrogen and oxygen atoms in total. The molecule has 27 heavy (non-hydrogen) atoms. The van der Waals surface area contributed by atoms with Gasteiger partial charge in [-0.1, -0.05) is 31.5 Å². The quantitative estimate of drug-likeness (QED) is 0.724. The predicted octanol–water partition coefficient (Wildman–Crippen LogP) is 3.34. The number of benzene rings is 2. The Morgan fingerprint density at radius 1 is 1.04 bits per heavy atom. The monoisotopic (exact) mass is 390 g/mol.